The second-order valence-corrected chi connectivity index (χ2v) is 5.96. The lowest BCUT2D eigenvalue weighted by Crippen LogP contribution is -2.46. The van der Waals surface area contributed by atoms with E-state index in [1.54, 1.807) is 12.5 Å². The molecule has 0 bridgehead atoms. The topological polar surface area (TPSA) is 57.1 Å². The zero-order valence-electron chi connectivity index (χ0n) is 12.2. The summed E-state index contributed by atoms with van der Waals surface area (Å²) >= 11 is 0. The number of carbonyl (C=O) groups is 1. The molecule has 0 saturated carbocycles. The van der Waals surface area contributed by atoms with Crippen LogP contribution in [-0.4, -0.2) is 30.4 Å². The van der Waals surface area contributed by atoms with Crippen molar-refractivity contribution in [1.82, 2.24) is 0 Å². The quantitative estimate of drug-likeness (QED) is 0.696. The number of carbonyl (C=O) groups excluding carboxylic acids is 1. The van der Waals surface area contributed by atoms with E-state index in [0.717, 1.165) is 0 Å². The van der Waals surface area contributed by atoms with Crippen LogP contribution in [-0.2, 0) is 19.0 Å². The molecule has 5 heteroatoms. The molecule has 0 aromatic rings. The van der Waals surface area contributed by atoms with E-state index in [4.69, 9.17) is 14.2 Å². The molecule has 114 valence electrons. The number of aliphatic imine (C=N–C) groups is 1. The minimum atomic E-state index is -0.471. The minimum Gasteiger partial charge on any atom is -0.473 e. The first-order valence-corrected chi connectivity index (χ1v) is 7.44. The summed E-state index contributed by atoms with van der Waals surface area (Å²) in [5.41, 5.74) is -0.471. The molecule has 3 aliphatic heterocycles. The fourth-order valence-corrected chi connectivity index (χ4v) is 3.83. The number of nitrogens with zero attached hydrogens (tertiary/aromatic N) is 1. The van der Waals surface area contributed by atoms with Gasteiger partial charge in [0.25, 0.3) is 0 Å². The summed E-state index contributed by atoms with van der Waals surface area (Å²) in [6.45, 7) is 2.04. The maximum absolute atomic E-state index is 11.3. The molecule has 4 aliphatic rings. The van der Waals surface area contributed by atoms with Crippen LogP contribution < -0.4 is 0 Å². The average molecular weight is 299 g/mol. The summed E-state index contributed by atoms with van der Waals surface area (Å²) in [6.07, 6.45) is 15.1. The number of ether oxygens (including phenoxy) is 3. The highest BCUT2D eigenvalue weighted by Gasteiger charge is 2.54. The van der Waals surface area contributed by atoms with Crippen LogP contribution in [0, 0.1) is 17.8 Å². The number of fused-ring (bicyclic) bond motifs is 4. The molecule has 4 atom stereocenters. The van der Waals surface area contributed by atoms with Crippen LogP contribution in [0.2, 0.25) is 0 Å². The Hall–Kier alpha value is -2.14. The standard InChI is InChI=1S/C17H17NO4/c1-11(19)22-14-4-2-3-13-15-12(9-18-16(13)14)10-21-17(15)5-7-20-8-6-17/h2-9,12-13,15-16H,10H2,1H3. The van der Waals surface area contributed by atoms with Crippen LogP contribution in [0.3, 0.4) is 0 Å². The van der Waals surface area contributed by atoms with Crippen LogP contribution >= 0.6 is 0 Å². The van der Waals surface area contributed by atoms with Crippen molar-refractivity contribution in [3.63, 3.8) is 0 Å². The molecule has 0 aromatic heterocycles. The molecule has 0 N–H and O–H groups in total. The van der Waals surface area contributed by atoms with E-state index >= 15 is 0 Å². The number of allylic oxidation sites excluding steroid dienone is 2. The summed E-state index contributed by atoms with van der Waals surface area (Å²) in [6, 6.07) is -0.168. The summed E-state index contributed by atoms with van der Waals surface area (Å²) < 4.78 is 16.6. The van der Waals surface area contributed by atoms with E-state index in [9.17, 15) is 4.79 Å². The van der Waals surface area contributed by atoms with Crippen LogP contribution in [0.25, 0.3) is 0 Å². The number of hydrogen-bond acceptors (Lipinski definition) is 5. The highest BCUT2D eigenvalue weighted by Crippen LogP contribution is 2.49. The molecule has 1 aliphatic carbocycles. The van der Waals surface area contributed by atoms with Gasteiger partial charge in [-0.05, 0) is 18.2 Å². The summed E-state index contributed by atoms with van der Waals surface area (Å²) in [5, 5.41) is 0. The maximum Gasteiger partial charge on any atom is 0.307 e. The number of hydrogen-bond donors (Lipinski definition) is 0. The summed E-state index contributed by atoms with van der Waals surface area (Å²) in [5.74, 6) is 0.874. The first-order valence-electron chi connectivity index (χ1n) is 7.44. The van der Waals surface area contributed by atoms with Crippen LogP contribution in [0.5, 0.6) is 0 Å². The number of rotatable bonds is 1. The zero-order valence-corrected chi connectivity index (χ0v) is 12.2. The lowest BCUT2D eigenvalue weighted by molar-refractivity contribution is -0.137. The van der Waals surface area contributed by atoms with E-state index in [-0.39, 0.29) is 29.8 Å². The van der Waals surface area contributed by atoms with E-state index in [0.29, 0.717) is 12.4 Å². The molecule has 5 nitrogen and oxygen atoms in total. The Morgan fingerprint density at radius 2 is 2.23 bits per heavy atom. The Balaban J connectivity index is 1.71. The Morgan fingerprint density at radius 3 is 3.00 bits per heavy atom. The van der Waals surface area contributed by atoms with Gasteiger partial charge in [0.05, 0.1) is 19.1 Å². The molecule has 1 spiro atoms. The average Bonchev–Trinajstić information content (AvgIpc) is 2.87. The first-order chi connectivity index (χ1) is 10.7. The van der Waals surface area contributed by atoms with Gasteiger partial charge in [0, 0.05) is 30.9 Å². The molecular weight excluding hydrogens is 282 g/mol. The summed E-state index contributed by atoms with van der Waals surface area (Å²) in [4.78, 5) is 15.9. The second kappa shape index (κ2) is 4.95. The van der Waals surface area contributed by atoms with Gasteiger partial charge in [-0.2, -0.15) is 0 Å². The third kappa shape index (κ3) is 1.96. The smallest absolute Gasteiger partial charge is 0.307 e. The van der Waals surface area contributed by atoms with Gasteiger partial charge < -0.3 is 14.2 Å². The van der Waals surface area contributed by atoms with Crippen LogP contribution in [0.1, 0.15) is 6.92 Å². The van der Waals surface area contributed by atoms with Gasteiger partial charge in [-0.1, -0.05) is 12.2 Å². The fourth-order valence-electron chi connectivity index (χ4n) is 3.83. The largest absolute Gasteiger partial charge is 0.473 e. The van der Waals surface area contributed by atoms with Gasteiger partial charge in [0.1, 0.15) is 17.4 Å². The van der Waals surface area contributed by atoms with Crippen molar-refractivity contribution in [1.29, 1.82) is 0 Å². The fraction of sp³-hybridized carbons (Fsp3) is 0.412. The SMILES string of the molecule is CC(=O)OC1=CC=CC2C1N=CC1COC3(C=COC=C3)C12. The monoisotopic (exact) mass is 299 g/mol. The molecule has 1 saturated heterocycles. The van der Waals surface area contributed by atoms with Gasteiger partial charge in [0.15, 0.2) is 0 Å². The van der Waals surface area contributed by atoms with Crippen molar-refractivity contribution < 1.29 is 19.0 Å². The number of esters is 1. The minimum absolute atomic E-state index is 0.129. The van der Waals surface area contributed by atoms with Gasteiger partial charge in [-0.25, -0.2) is 0 Å². The molecule has 4 unspecified atom stereocenters. The van der Waals surface area contributed by atoms with Gasteiger partial charge >= 0.3 is 5.97 Å². The second-order valence-electron chi connectivity index (χ2n) is 5.96. The predicted molar refractivity (Wildman–Crippen MR) is 79.8 cm³/mol. The third-order valence-corrected chi connectivity index (χ3v) is 4.69. The van der Waals surface area contributed by atoms with Crippen LogP contribution in [0.4, 0.5) is 0 Å². The van der Waals surface area contributed by atoms with Crippen molar-refractivity contribution in [2.24, 2.45) is 22.7 Å². The zero-order chi connectivity index (χ0) is 15.2. The van der Waals surface area contributed by atoms with Crippen molar-refractivity contribution in [2.75, 3.05) is 6.61 Å². The Morgan fingerprint density at radius 1 is 1.41 bits per heavy atom. The Labute approximate surface area is 128 Å². The van der Waals surface area contributed by atoms with E-state index in [2.05, 4.69) is 11.1 Å². The lowest BCUT2D eigenvalue weighted by Gasteiger charge is -2.41. The highest BCUT2D eigenvalue weighted by atomic mass is 16.5. The molecular formula is C17H17NO4. The van der Waals surface area contributed by atoms with Crippen molar-refractivity contribution in [3.8, 4) is 0 Å². The van der Waals surface area contributed by atoms with E-state index in [1.165, 1.54) is 6.92 Å². The molecule has 0 radical (unpaired) electrons. The van der Waals surface area contributed by atoms with E-state index in [1.807, 2.05) is 30.5 Å². The molecule has 0 aromatic carbocycles. The summed E-state index contributed by atoms with van der Waals surface area (Å²) in [7, 11) is 0. The van der Waals surface area contributed by atoms with E-state index < -0.39 is 5.60 Å². The molecule has 3 heterocycles. The molecule has 4 rings (SSSR count). The van der Waals surface area contributed by atoms with Gasteiger partial charge in [0.2, 0.25) is 0 Å². The molecule has 0 amide bonds. The van der Waals surface area contributed by atoms with Crippen molar-refractivity contribution in [2.45, 2.75) is 18.6 Å². The Kier molecular flexibility index (Phi) is 3.04. The molecule has 22 heavy (non-hydrogen) atoms. The van der Waals surface area contributed by atoms with Gasteiger partial charge in [-0.15, -0.1) is 0 Å². The van der Waals surface area contributed by atoms with Crippen LogP contribution in [0.15, 0.2) is 53.7 Å². The predicted octanol–water partition coefficient (Wildman–Crippen LogP) is 2.13. The van der Waals surface area contributed by atoms with Crippen molar-refractivity contribution >= 4 is 12.2 Å². The third-order valence-electron chi connectivity index (χ3n) is 4.69. The van der Waals surface area contributed by atoms with Gasteiger partial charge in [-0.3, -0.25) is 9.79 Å². The maximum atomic E-state index is 11.3. The lowest BCUT2D eigenvalue weighted by atomic mass is 9.67. The molecule has 1 fully saturated rings. The normalized spacial score (nSPS) is 36.5. The highest BCUT2D eigenvalue weighted by molar-refractivity contribution is 5.69. The van der Waals surface area contributed by atoms with Crippen molar-refractivity contribution in [3.05, 3.63) is 48.7 Å². The Bertz CT molecular complexity index is 631. The first kappa shape index (κ1) is 13.5.